The van der Waals surface area contributed by atoms with E-state index in [0.29, 0.717) is 17.0 Å². The van der Waals surface area contributed by atoms with Crippen LogP contribution in [0.15, 0.2) is 42.5 Å². The Labute approximate surface area is 115 Å². The summed E-state index contributed by atoms with van der Waals surface area (Å²) in [6.45, 7) is 0.263. The van der Waals surface area contributed by atoms with Crippen LogP contribution in [-0.4, -0.2) is 12.0 Å². The lowest BCUT2D eigenvalue weighted by molar-refractivity contribution is -0.385. The largest absolute Gasteiger partial charge is 0.496 e. The molecular formula is C14H13FN2O3. The number of anilines is 1. The molecule has 0 radical (unpaired) electrons. The Kier molecular flexibility index (Phi) is 4.14. The number of non-ortho nitro benzene ring substituents is 1. The zero-order valence-corrected chi connectivity index (χ0v) is 10.8. The molecule has 6 heteroatoms. The fraction of sp³-hybridized carbons (Fsp3) is 0.143. The monoisotopic (exact) mass is 276 g/mol. The van der Waals surface area contributed by atoms with Gasteiger partial charge in [0.1, 0.15) is 11.6 Å². The van der Waals surface area contributed by atoms with Gasteiger partial charge in [-0.05, 0) is 23.8 Å². The minimum absolute atomic E-state index is 0.0605. The van der Waals surface area contributed by atoms with Crippen LogP contribution >= 0.6 is 0 Å². The summed E-state index contributed by atoms with van der Waals surface area (Å²) in [6.07, 6.45) is 0. The Morgan fingerprint density at radius 1 is 1.30 bits per heavy atom. The third-order valence-electron chi connectivity index (χ3n) is 2.75. The maximum absolute atomic E-state index is 13.4. The molecule has 104 valence electrons. The van der Waals surface area contributed by atoms with E-state index in [4.69, 9.17) is 4.74 Å². The normalized spacial score (nSPS) is 10.1. The molecule has 0 bridgehead atoms. The molecular weight excluding hydrogens is 263 g/mol. The molecule has 0 aliphatic heterocycles. The molecule has 0 aliphatic carbocycles. The number of ether oxygens (including phenoxy) is 1. The molecule has 0 atom stereocenters. The Balaban J connectivity index is 2.19. The van der Waals surface area contributed by atoms with Gasteiger partial charge in [0.25, 0.3) is 5.69 Å². The third-order valence-corrected chi connectivity index (χ3v) is 2.75. The lowest BCUT2D eigenvalue weighted by Crippen LogP contribution is -2.02. The van der Waals surface area contributed by atoms with Crippen LogP contribution in [0, 0.1) is 15.9 Å². The summed E-state index contributed by atoms with van der Waals surface area (Å²) in [7, 11) is 1.44. The number of methoxy groups -OCH3 is 1. The molecule has 0 aliphatic rings. The van der Waals surface area contributed by atoms with Gasteiger partial charge in [-0.2, -0.15) is 0 Å². The number of nitrogens with one attached hydrogen (secondary N) is 1. The standard InChI is InChI=1S/C14H13FN2O3/c1-20-12-7-10(6-11(8-12)17(18)19)9-16-14-5-3-2-4-13(14)15/h2-8,16H,9H2,1H3. The average Bonchev–Trinajstić information content (AvgIpc) is 2.46. The van der Waals surface area contributed by atoms with Crippen molar-refractivity contribution in [2.24, 2.45) is 0 Å². The van der Waals surface area contributed by atoms with Crippen LogP contribution in [0.1, 0.15) is 5.56 Å². The summed E-state index contributed by atoms with van der Waals surface area (Å²) in [4.78, 5) is 10.3. The van der Waals surface area contributed by atoms with E-state index in [2.05, 4.69) is 5.32 Å². The summed E-state index contributed by atoms with van der Waals surface area (Å²) in [5.41, 5.74) is 0.923. The van der Waals surface area contributed by atoms with Gasteiger partial charge < -0.3 is 10.1 Å². The summed E-state index contributed by atoms with van der Waals surface area (Å²) in [5.74, 6) is 0.0226. The number of nitro groups is 1. The van der Waals surface area contributed by atoms with Gasteiger partial charge in [-0.1, -0.05) is 12.1 Å². The molecule has 0 aromatic heterocycles. The highest BCUT2D eigenvalue weighted by Crippen LogP contribution is 2.23. The zero-order valence-electron chi connectivity index (χ0n) is 10.8. The van der Waals surface area contributed by atoms with E-state index in [1.54, 1.807) is 24.3 Å². The number of para-hydroxylation sites is 1. The first-order valence-corrected chi connectivity index (χ1v) is 5.91. The van der Waals surface area contributed by atoms with Gasteiger partial charge in [0.05, 0.1) is 23.8 Å². The molecule has 2 rings (SSSR count). The fourth-order valence-corrected chi connectivity index (χ4v) is 1.77. The van der Waals surface area contributed by atoms with Gasteiger partial charge in [0.15, 0.2) is 0 Å². The predicted octanol–water partition coefficient (Wildman–Crippen LogP) is 3.35. The molecule has 1 N–H and O–H groups in total. The molecule has 20 heavy (non-hydrogen) atoms. The molecule has 0 unspecified atom stereocenters. The number of rotatable bonds is 5. The van der Waals surface area contributed by atoms with Gasteiger partial charge in [-0.3, -0.25) is 10.1 Å². The molecule has 2 aromatic carbocycles. The molecule has 0 saturated heterocycles. The zero-order chi connectivity index (χ0) is 14.5. The highest BCUT2D eigenvalue weighted by atomic mass is 19.1. The Hall–Kier alpha value is -2.63. The second kappa shape index (κ2) is 6.01. The number of hydrogen-bond acceptors (Lipinski definition) is 4. The molecule has 0 saturated carbocycles. The van der Waals surface area contributed by atoms with Gasteiger partial charge in [0, 0.05) is 12.6 Å². The molecule has 0 spiro atoms. The van der Waals surface area contributed by atoms with E-state index in [1.807, 2.05) is 0 Å². The van der Waals surface area contributed by atoms with Gasteiger partial charge in [-0.15, -0.1) is 0 Å². The SMILES string of the molecule is COc1cc(CNc2ccccc2F)cc([N+](=O)[O-])c1. The smallest absolute Gasteiger partial charge is 0.273 e. The predicted molar refractivity (Wildman–Crippen MR) is 73.4 cm³/mol. The van der Waals surface area contributed by atoms with Crippen LogP contribution in [0.2, 0.25) is 0 Å². The molecule has 0 fully saturated rings. The summed E-state index contributed by atoms with van der Waals surface area (Å²) >= 11 is 0. The quantitative estimate of drug-likeness (QED) is 0.671. The lowest BCUT2D eigenvalue weighted by Gasteiger charge is -2.09. The first-order chi connectivity index (χ1) is 9.60. The first kappa shape index (κ1) is 13.8. The topological polar surface area (TPSA) is 64.4 Å². The second-order valence-corrected chi connectivity index (χ2v) is 4.13. The highest BCUT2D eigenvalue weighted by Gasteiger charge is 2.10. The Morgan fingerprint density at radius 3 is 2.70 bits per heavy atom. The maximum Gasteiger partial charge on any atom is 0.273 e. The van der Waals surface area contributed by atoms with Crippen molar-refractivity contribution >= 4 is 11.4 Å². The van der Waals surface area contributed by atoms with Crippen molar-refractivity contribution < 1.29 is 14.1 Å². The van der Waals surface area contributed by atoms with Crippen molar-refractivity contribution in [1.82, 2.24) is 0 Å². The van der Waals surface area contributed by atoms with Crippen LogP contribution in [-0.2, 0) is 6.54 Å². The van der Waals surface area contributed by atoms with Crippen molar-refractivity contribution in [2.45, 2.75) is 6.54 Å². The maximum atomic E-state index is 13.4. The summed E-state index contributed by atoms with van der Waals surface area (Å²) < 4.78 is 18.5. The average molecular weight is 276 g/mol. The van der Waals surface area contributed by atoms with Crippen molar-refractivity contribution in [1.29, 1.82) is 0 Å². The first-order valence-electron chi connectivity index (χ1n) is 5.91. The minimum atomic E-state index is -0.491. The van der Waals surface area contributed by atoms with Gasteiger partial charge in [0.2, 0.25) is 0 Å². The number of benzene rings is 2. The van der Waals surface area contributed by atoms with E-state index in [0.717, 1.165) is 0 Å². The van der Waals surface area contributed by atoms with E-state index in [9.17, 15) is 14.5 Å². The number of nitrogens with zero attached hydrogens (tertiary/aromatic N) is 1. The van der Waals surface area contributed by atoms with Crippen LogP contribution < -0.4 is 10.1 Å². The number of hydrogen-bond donors (Lipinski definition) is 1. The van der Waals surface area contributed by atoms with Crippen LogP contribution in [0.25, 0.3) is 0 Å². The molecule has 0 heterocycles. The lowest BCUT2D eigenvalue weighted by atomic mass is 10.2. The van der Waals surface area contributed by atoms with Crippen molar-refractivity contribution in [2.75, 3.05) is 12.4 Å². The highest BCUT2D eigenvalue weighted by molar-refractivity contribution is 5.47. The molecule has 5 nitrogen and oxygen atoms in total. The number of nitro benzene ring substituents is 1. The van der Waals surface area contributed by atoms with Crippen molar-refractivity contribution in [3.05, 3.63) is 64.0 Å². The van der Waals surface area contributed by atoms with E-state index < -0.39 is 4.92 Å². The molecule has 0 amide bonds. The van der Waals surface area contributed by atoms with E-state index >= 15 is 0 Å². The Bertz CT molecular complexity index is 632. The van der Waals surface area contributed by atoms with Gasteiger partial charge in [-0.25, -0.2) is 4.39 Å². The van der Waals surface area contributed by atoms with Gasteiger partial charge >= 0.3 is 0 Å². The van der Waals surface area contributed by atoms with Crippen molar-refractivity contribution in [3.63, 3.8) is 0 Å². The Morgan fingerprint density at radius 2 is 2.05 bits per heavy atom. The van der Waals surface area contributed by atoms with E-state index in [-0.39, 0.29) is 18.0 Å². The van der Waals surface area contributed by atoms with Crippen LogP contribution in [0.3, 0.4) is 0 Å². The van der Waals surface area contributed by atoms with Crippen LogP contribution in [0.5, 0.6) is 5.75 Å². The minimum Gasteiger partial charge on any atom is -0.496 e. The summed E-state index contributed by atoms with van der Waals surface area (Å²) in [5, 5.41) is 13.7. The van der Waals surface area contributed by atoms with Crippen molar-refractivity contribution in [3.8, 4) is 5.75 Å². The summed E-state index contributed by atoms with van der Waals surface area (Å²) in [6, 6.07) is 10.7. The fourth-order valence-electron chi connectivity index (χ4n) is 1.77. The third kappa shape index (κ3) is 3.23. The number of halogens is 1. The molecule has 2 aromatic rings. The second-order valence-electron chi connectivity index (χ2n) is 4.13. The van der Waals surface area contributed by atoms with E-state index in [1.165, 1.54) is 25.3 Å². The van der Waals surface area contributed by atoms with Crippen LogP contribution in [0.4, 0.5) is 15.8 Å².